The summed E-state index contributed by atoms with van der Waals surface area (Å²) in [6, 6.07) is 8.71. The number of methoxy groups -OCH3 is 1. The fourth-order valence-electron chi connectivity index (χ4n) is 6.75. The van der Waals surface area contributed by atoms with Crippen LogP contribution in [0.4, 0.5) is 0 Å². The van der Waals surface area contributed by atoms with Gasteiger partial charge in [0.1, 0.15) is 6.61 Å². The third-order valence-electron chi connectivity index (χ3n) is 7.84. The maximum absolute atomic E-state index is 6.60. The van der Waals surface area contributed by atoms with E-state index in [1.165, 1.54) is 43.4 Å². The molecule has 3 nitrogen and oxygen atoms in total. The van der Waals surface area contributed by atoms with Gasteiger partial charge in [0.2, 0.25) is 0 Å². The van der Waals surface area contributed by atoms with Crippen molar-refractivity contribution in [1.82, 2.24) is 5.32 Å². The molecule has 4 bridgehead atoms. The van der Waals surface area contributed by atoms with Crippen molar-refractivity contribution in [2.45, 2.75) is 64.6 Å². The summed E-state index contributed by atoms with van der Waals surface area (Å²) in [7, 11) is 1.68. The van der Waals surface area contributed by atoms with Gasteiger partial charge in [0.05, 0.1) is 12.1 Å². The Bertz CT molecular complexity index is 846. The van der Waals surface area contributed by atoms with Crippen LogP contribution in [0.25, 0.3) is 0 Å². The first kappa shape index (κ1) is 20.7. The van der Waals surface area contributed by atoms with Crippen LogP contribution in [0.5, 0.6) is 11.5 Å². The molecule has 0 saturated heterocycles. The van der Waals surface area contributed by atoms with E-state index in [0.717, 1.165) is 29.9 Å². The molecule has 1 aromatic heterocycles. The minimum atomic E-state index is 0.506. The van der Waals surface area contributed by atoms with Gasteiger partial charge < -0.3 is 14.8 Å². The molecular weight excluding hydrogens is 414 g/mol. The molecule has 1 aromatic carbocycles. The molecule has 4 aliphatic rings. The van der Waals surface area contributed by atoms with Crippen LogP contribution in [-0.2, 0) is 13.2 Å². The van der Waals surface area contributed by atoms with Gasteiger partial charge in [0, 0.05) is 17.5 Å². The monoisotopic (exact) mass is 445 g/mol. The molecule has 0 aliphatic heterocycles. The van der Waals surface area contributed by atoms with Crippen LogP contribution in [0.2, 0.25) is 5.02 Å². The minimum Gasteiger partial charge on any atom is -0.493 e. The van der Waals surface area contributed by atoms with Gasteiger partial charge >= 0.3 is 0 Å². The van der Waals surface area contributed by atoms with E-state index in [0.29, 0.717) is 34.6 Å². The molecule has 6 rings (SSSR count). The van der Waals surface area contributed by atoms with Gasteiger partial charge in [0.15, 0.2) is 11.5 Å². The average molecular weight is 446 g/mol. The lowest BCUT2D eigenvalue weighted by atomic mass is 9.48. The Labute approximate surface area is 189 Å². The minimum absolute atomic E-state index is 0.506. The molecule has 30 heavy (non-hydrogen) atoms. The highest BCUT2D eigenvalue weighted by atomic mass is 35.5. The zero-order chi connectivity index (χ0) is 20.7. The maximum atomic E-state index is 6.60. The molecule has 4 aliphatic carbocycles. The number of thiophene rings is 1. The highest BCUT2D eigenvalue weighted by molar-refractivity contribution is 7.09. The van der Waals surface area contributed by atoms with Gasteiger partial charge in [-0.3, -0.25) is 0 Å². The second kappa shape index (κ2) is 8.37. The predicted molar refractivity (Wildman–Crippen MR) is 124 cm³/mol. The summed E-state index contributed by atoms with van der Waals surface area (Å²) in [5, 5.41) is 6.52. The smallest absolute Gasteiger partial charge is 0.180 e. The van der Waals surface area contributed by atoms with E-state index < -0.39 is 0 Å². The van der Waals surface area contributed by atoms with Crippen LogP contribution in [0.1, 0.15) is 55.9 Å². The Kier molecular flexibility index (Phi) is 5.76. The molecule has 1 atom stereocenters. The van der Waals surface area contributed by atoms with Gasteiger partial charge in [-0.2, -0.15) is 0 Å². The molecule has 2 aromatic rings. The van der Waals surface area contributed by atoms with Gasteiger partial charge in [-0.05, 0) is 97.8 Å². The molecule has 4 saturated carbocycles. The molecule has 1 N–H and O–H groups in total. The van der Waals surface area contributed by atoms with Crippen molar-refractivity contribution < 1.29 is 9.47 Å². The largest absolute Gasteiger partial charge is 0.493 e. The average Bonchev–Trinajstić information content (AvgIpc) is 3.23. The number of ether oxygens (including phenoxy) is 2. The second-order valence-electron chi connectivity index (χ2n) is 9.86. The Morgan fingerprint density at radius 3 is 2.47 bits per heavy atom. The third kappa shape index (κ3) is 3.99. The van der Waals surface area contributed by atoms with Gasteiger partial charge in [0.25, 0.3) is 0 Å². The summed E-state index contributed by atoms with van der Waals surface area (Å²) in [4.78, 5) is 1.17. The lowest BCUT2D eigenvalue weighted by molar-refractivity contribution is -0.0706. The van der Waals surface area contributed by atoms with Crippen LogP contribution in [0, 0.1) is 23.2 Å². The van der Waals surface area contributed by atoms with Crippen molar-refractivity contribution in [3.63, 3.8) is 0 Å². The zero-order valence-electron chi connectivity index (χ0n) is 18.0. The quantitative estimate of drug-likeness (QED) is 0.491. The van der Waals surface area contributed by atoms with E-state index in [-0.39, 0.29) is 0 Å². The Morgan fingerprint density at radius 1 is 1.17 bits per heavy atom. The molecule has 0 amide bonds. The van der Waals surface area contributed by atoms with Crippen LogP contribution in [-0.4, -0.2) is 13.2 Å². The van der Waals surface area contributed by atoms with Crippen molar-refractivity contribution in [1.29, 1.82) is 0 Å². The summed E-state index contributed by atoms with van der Waals surface area (Å²) >= 11 is 8.28. The zero-order valence-corrected chi connectivity index (χ0v) is 19.5. The lowest BCUT2D eigenvalue weighted by Crippen LogP contribution is -2.54. The molecule has 5 heteroatoms. The van der Waals surface area contributed by atoms with E-state index in [4.69, 9.17) is 21.1 Å². The lowest BCUT2D eigenvalue weighted by Gasteiger charge is -2.59. The third-order valence-corrected chi connectivity index (χ3v) is 8.98. The van der Waals surface area contributed by atoms with Gasteiger partial charge in [-0.1, -0.05) is 17.7 Å². The van der Waals surface area contributed by atoms with E-state index in [9.17, 15) is 0 Å². The summed E-state index contributed by atoms with van der Waals surface area (Å²) < 4.78 is 11.6. The maximum Gasteiger partial charge on any atom is 0.180 e. The summed E-state index contributed by atoms with van der Waals surface area (Å²) in [6.07, 6.45) is 8.75. The van der Waals surface area contributed by atoms with Crippen molar-refractivity contribution in [3.8, 4) is 11.5 Å². The molecule has 1 heterocycles. The van der Waals surface area contributed by atoms with Crippen molar-refractivity contribution in [3.05, 3.63) is 45.1 Å². The van der Waals surface area contributed by atoms with E-state index in [1.54, 1.807) is 18.4 Å². The first-order chi connectivity index (χ1) is 14.5. The van der Waals surface area contributed by atoms with Crippen LogP contribution in [0.15, 0.2) is 29.6 Å². The summed E-state index contributed by atoms with van der Waals surface area (Å²) in [5.41, 5.74) is 1.66. The number of hydrogen-bond acceptors (Lipinski definition) is 4. The fraction of sp³-hybridized carbons (Fsp3) is 0.600. The van der Waals surface area contributed by atoms with Crippen molar-refractivity contribution >= 4 is 22.9 Å². The highest BCUT2D eigenvalue weighted by Crippen LogP contribution is 2.61. The molecule has 0 radical (unpaired) electrons. The molecular formula is C25H32ClNO2S. The number of rotatable bonds is 8. The summed E-state index contributed by atoms with van der Waals surface area (Å²) in [5.74, 6) is 4.28. The molecule has 162 valence electrons. The number of halogens is 1. The van der Waals surface area contributed by atoms with Crippen molar-refractivity contribution in [2.24, 2.45) is 23.2 Å². The van der Waals surface area contributed by atoms with Crippen LogP contribution < -0.4 is 14.8 Å². The topological polar surface area (TPSA) is 30.5 Å². The first-order valence-electron chi connectivity index (χ1n) is 11.3. The van der Waals surface area contributed by atoms with Crippen molar-refractivity contribution in [2.75, 3.05) is 7.11 Å². The SMILES string of the molecule is COc1cc(CN[C@H](C)C23CC4CC(CC(C4)C2)C3)cc(Cl)c1OCc1cccs1. The van der Waals surface area contributed by atoms with Gasteiger partial charge in [-0.25, -0.2) is 0 Å². The van der Waals surface area contributed by atoms with Gasteiger partial charge in [-0.15, -0.1) is 11.3 Å². The predicted octanol–water partition coefficient (Wildman–Crippen LogP) is 6.68. The second-order valence-corrected chi connectivity index (χ2v) is 11.3. The van der Waals surface area contributed by atoms with E-state index in [1.807, 2.05) is 12.1 Å². The highest BCUT2D eigenvalue weighted by Gasteiger charge is 2.52. The van der Waals surface area contributed by atoms with Crippen LogP contribution in [0.3, 0.4) is 0 Å². The molecule has 4 fully saturated rings. The number of hydrogen-bond donors (Lipinski definition) is 1. The Hall–Kier alpha value is -1.23. The van der Waals surface area contributed by atoms with Crippen LogP contribution >= 0.6 is 22.9 Å². The number of benzene rings is 1. The Morgan fingerprint density at radius 2 is 1.87 bits per heavy atom. The standard InChI is InChI=1S/C25H32ClNO2S/c1-16(25-11-17-6-18(12-25)8-19(7-17)13-25)27-14-20-9-22(26)24(23(10-20)28-2)29-15-21-4-3-5-30-21/h3-5,9-10,16-19,27H,6-8,11-15H2,1-2H3/t16-,17?,18?,19?,25?/m1/s1. The Balaban J connectivity index is 1.25. The summed E-state index contributed by atoms with van der Waals surface area (Å²) in [6.45, 7) is 3.73. The van der Waals surface area contributed by atoms with E-state index in [2.05, 4.69) is 29.8 Å². The molecule has 0 unspecified atom stereocenters. The molecule has 0 spiro atoms. The number of nitrogens with one attached hydrogen (secondary N) is 1. The fourth-order valence-corrected chi connectivity index (χ4v) is 7.65. The first-order valence-corrected chi connectivity index (χ1v) is 12.6. The van der Waals surface area contributed by atoms with E-state index >= 15 is 0 Å². The normalized spacial score (nSPS) is 30.4.